The van der Waals surface area contributed by atoms with Crippen LogP contribution in [0.15, 0.2) is 18.2 Å². The Hall–Kier alpha value is -1.82. The van der Waals surface area contributed by atoms with Crippen molar-refractivity contribution in [2.75, 3.05) is 44.6 Å². The molecule has 1 aromatic rings. The Labute approximate surface area is 182 Å². The Bertz CT molecular complexity index is 732. The zero-order valence-corrected chi connectivity index (χ0v) is 17.8. The monoisotopic (exact) mass is 438 g/mol. The summed E-state index contributed by atoms with van der Waals surface area (Å²) in [5, 5.41) is 53.7. The number of benzene rings is 1. The van der Waals surface area contributed by atoms with Gasteiger partial charge in [0.05, 0.1) is 23.7 Å². The highest BCUT2D eigenvalue weighted by molar-refractivity contribution is 5.62. The van der Waals surface area contributed by atoms with Crippen molar-refractivity contribution in [3.63, 3.8) is 0 Å². The normalized spacial score (nSPS) is 26.7. The lowest BCUT2D eigenvalue weighted by Gasteiger charge is -2.43. The van der Waals surface area contributed by atoms with Gasteiger partial charge in [0.2, 0.25) is 0 Å². The second-order valence-corrected chi connectivity index (χ2v) is 8.52. The molecule has 2 saturated heterocycles. The van der Waals surface area contributed by atoms with Gasteiger partial charge >= 0.3 is 0 Å². The molecule has 10 nitrogen and oxygen atoms in total. The fourth-order valence-corrected chi connectivity index (χ4v) is 4.12. The lowest BCUT2D eigenvalue weighted by Crippen LogP contribution is -2.62. The molecule has 2 heterocycles. The number of aliphatic hydroxyl groups excluding tert-OH is 4. The molecule has 2 aliphatic heterocycles. The van der Waals surface area contributed by atoms with Crippen molar-refractivity contribution in [2.45, 2.75) is 56.6 Å². The number of anilines is 1. The molecule has 174 valence electrons. The number of likely N-dealkylation sites (tertiary alicyclic amines) is 1. The average molecular weight is 439 g/mol. The van der Waals surface area contributed by atoms with Gasteiger partial charge in [0.1, 0.15) is 17.9 Å². The predicted molar refractivity (Wildman–Crippen MR) is 116 cm³/mol. The molecular weight excluding hydrogens is 404 g/mol. The van der Waals surface area contributed by atoms with E-state index in [0.29, 0.717) is 18.8 Å². The number of hydrogen-bond acceptors (Lipinski definition) is 9. The summed E-state index contributed by atoms with van der Waals surface area (Å²) < 4.78 is 0. The number of nitro benzene ring substituents is 1. The molecule has 3 rings (SSSR count). The van der Waals surface area contributed by atoms with E-state index in [1.807, 2.05) is 11.0 Å². The molecule has 2 fully saturated rings. The lowest BCUT2D eigenvalue weighted by molar-refractivity contribution is -0.384. The molecule has 0 aromatic heterocycles. The molecule has 0 aliphatic carbocycles. The summed E-state index contributed by atoms with van der Waals surface area (Å²) in [6.07, 6.45) is 0.120. The van der Waals surface area contributed by atoms with Crippen LogP contribution in [0.2, 0.25) is 0 Å². The van der Waals surface area contributed by atoms with E-state index >= 15 is 0 Å². The van der Waals surface area contributed by atoms with Gasteiger partial charge < -0.3 is 25.7 Å². The van der Waals surface area contributed by atoms with E-state index in [1.165, 1.54) is 0 Å². The van der Waals surface area contributed by atoms with Crippen molar-refractivity contribution in [3.8, 4) is 0 Å². The van der Waals surface area contributed by atoms with Gasteiger partial charge in [-0.25, -0.2) is 0 Å². The van der Waals surface area contributed by atoms with Crippen LogP contribution in [0.25, 0.3) is 0 Å². The molecule has 5 N–H and O–H groups in total. The van der Waals surface area contributed by atoms with Gasteiger partial charge in [-0.05, 0) is 31.0 Å². The van der Waals surface area contributed by atoms with E-state index < -0.39 is 24.4 Å². The van der Waals surface area contributed by atoms with Crippen LogP contribution in [-0.2, 0) is 6.54 Å². The van der Waals surface area contributed by atoms with Crippen LogP contribution in [0.1, 0.15) is 31.2 Å². The van der Waals surface area contributed by atoms with E-state index in [1.54, 1.807) is 12.1 Å². The Kier molecular flexibility index (Phi) is 8.58. The van der Waals surface area contributed by atoms with Crippen LogP contribution in [0, 0.1) is 10.1 Å². The van der Waals surface area contributed by atoms with Gasteiger partial charge in [-0.15, -0.1) is 0 Å². The zero-order chi connectivity index (χ0) is 22.4. The highest BCUT2D eigenvalue weighted by Crippen LogP contribution is 2.27. The maximum atomic E-state index is 11.4. The zero-order valence-electron chi connectivity index (χ0n) is 17.8. The quantitative estimate of drug-likeness (QED) is 0.133. The van der Waals surface area contributed by atoms with E-state index in [9.17, 15) is 30.5 Å². The second kappa shape index (κ2) is 11.2. The second-order valence-electron chi connectivity index (χ2n) is 8.52. The molecule has 0 radical (unpaired) electrons. The molecule has 0 spiro atoms. The summed E-state index contributed by atoms with van der Waals surface area (Å²) in [5.41, 5.74) is 1.61. The van der Waals surface area contributed by atoms with Gasteiger partial charge in [-0.3, -0.25) is 19.9 Å². The highest BCUT2D eigenvalue weighted by atomic mass is 16.6. The summed E-state index contributed by atoms with van der Waals surface area (Å²) in [6, 6.07) is 4.80. The Morgan fingerprint density at radius 1 is 1.10 bits per heavy atom. The standard InChI is InChI=1S/C21H34N4O6/c26-14-18-20(28)21(29)19(27)13-24(18)8-4-2-1-3-7-22-16-6-5-15(12-23-9-10-23)11-17(16)25(30)31/h5-6,11,18-22,26-29H,1-4,7-10,12-14H2/t18-,19+,20-,21-/m1/s1. The van der Waals surface area contributed by atoms with Crippen LogP contribution < -0.4 is 5.32 Å². The largest absolute Gasteiger partial charge is 0.395 e. The Balaban J connectivity index is 1.36. The number of piperidine rings is 1. The summed E-state index contributed by atoms with van der Waals surface area (Å²) in [4.78, 5) is 15.1. The summed E-state index contributed by atoms with van der Waals surface area (Å²) in [6.45, 7) is 4.06. The first-order chi connectivity index (χ1) is 14.9. The summed E-state index contributed by atoms with van der Waals surface area (Å²) >= 11 is 0. The molecule has 0 unspecified atom stereocenters. The van der Waals surface area contributed by atoms with Gasteiger partial charge in [-0.1, -0.05) is 18.9 Å². The minimum Gasteiger partial charge on any atom is -0.395 e. The lowest BCUT2D eigenvalue weighted by atomic mass is 9.94. The number of nitrogens with zero attached hydrogens (tertiary/aromatic N) is 3. The predicted octanol–water partition coefficient (Wildman–Crippen LogP) is 0.142. The summed E-state index contributed by atoms with van der Waals surface area (Å²) in [7, 11) is 0. The van der Waals surface area contributed by atoms with Crippen molar-refractivity contribution < 1.29 is 25.3 Å². The number of nitro groups is 1. The van der Waals surface area contributed by atoms with E-state index in [2.05, 4.69) is 10.2 Å². The van der Waals surface area contributed by atoms with Crippen LogP contribution in [0.3, 0.4) is 0 Å². The van der Waals surface area contributed by atoms with Crippen molar-refractivity contribution in [3.05, 3.63) is 33.9 Å². The smallest absolute Gasteiger partial charge is 0.292 e. The highest BCUT2D eigenvalue weighted by Gasteiger charge is 2.40. The molecule has 10 heteroatoms. The van der Waals surface area contributed by atoms with Crippen molar-refractivity contribution >= 4 is 11.4 Å². The molecule has 0 saturated carbocycles. The summed E-state index contributed by atoms with van der Waals surface area (Å²) in [5.74, 6) is 0. The molecule has 0 amide bonds. The van der Waals surface area contributed by atoms with Gasteiger partial charge in [0.15, 0.2) is 0 Å². The molecule has 31 heavy (non-hydrogen) atoms. The fourth-order valence-electron chi connectivity index (χ4n) is 4.12. The third-order valence-corrected chi connectivity index (χ3v) is 6.11. The SMILES string of the molecule is O=[N+]([O-])c1cc(CN2CC2)ccc1NCCCCCCN1C[C@H](O)[C@@H](O)[C@H](O)[C@H]1CO. The number of hydrogen-bond donors (Lipinski definition) is 5. The van der Waals surface area contributed by atoms with E-state index in [-0.39, 0.29) is 23.8 Å². The van der Waals surface area contributed by atoms with E-state index in [0.717, 1.165) is 50.9 Å². The number of nitrogens with one attached hydrogen (secondary N) is 1. The van der Waals surface area contributed by atoms with Crippen LogP contribution in [0.5, 0.6) is 0 Å². The number of aliphatic hydroxyl groups is 4. The number of β-amino-alcohol motifs (C(OH)–C–C–N with tert-alkyl or cyclic N) is 1. The van der Waals surface area contributed by atoms with Crippen LogP contribution in [0.4, 0.5) is 11.4 Å². The molecule has 0 bridgehead atoms. The van der Waals surface area contributed by atoms with Gasteiger partial charge in [0.25, 0.3) is 5.69 Å². The molecule has 2 aliphatic rings. The average Bonchev–Trinajstić information content (AvgIpc) is 3.56. The topological polar surface area (TPSA) is 142 Å². The molecule has 4 atom stereocenters. The fraction of sp³-hybridized carbons (Fsp3) is 0.714. The Morgan fingerprint density at radius 2 is 1.84 bits per heavy atom. The number of unbranched alkanes of at least 4 members (excludes halogenated alkanes) is 3. The van der Waals surface area contributed by atoms with Crippen LogP contribution >= 0.6 is 0 Å². The third-order valence-electron chi connectivity index (χ3n) is 6.11. The maximum Gasteiger partial charge on any atom is 0.292 e. The first kappa shape index (κ1) is 23.8. The van der Waals surface area contributed by atoms with Crippen molar-refractivity contribution in [1.29, 1.82) is 0 Å². The van der Waals surface area contributed by atoms with Crippen LogP contribution in [-0.4, -0.2) is 98.8 Å². The first-order valence-electron chi connectivity index (χ1n) is 11.0. The minimum absolute atomic E-state index is 0.110. The number of rotatable bonds is 12. The molecule has 1 aromatic carbocycles. The first-order valence-corrected chi connectivity index (χ1v) is 11.0. The third kappa shape index (κ3) is 6.58. The maximum absolute atomic E-state index is 11.4. The minimum atomic E-state index is -1.23. The van der Waals surface area contributed by atoms with Crippen molar-refractivity contribution in [1.82, 2.24) is 9.80 Å². The van der Waals surface area contributed by atoms with E-state index in [4.69, 9.17) is 0 Å². The molecular formula is C21H34N4O6. The van der Waals surface area contributed by atoms with Crippen molar-refractivity contribution in [2.24, 2.45) is 0 Å². The van der Waals surface area contributed by atoms with Gasteiger partial charge in [-0.2, -0.15) is 0 Å². The van der Waals surface area contributed by atoms with Gasteiger partial charge in [0, 0.05) is 38.8 Å². The Morgan fingerprint density at radius 3 is 2.52 bits per heavy atom.